The molecule has 0 bridgehead atoms. The van der Waals surface area contributed by atoms with Crippen molar-refractivity contribution < 1.29 is 73.5 Å². The van der Waals surface area contributed by atoms with Crippen LogP contribution in [0.3, 0.4) is 0 Å². The Morgan fingerprint density at radius 2 is 1.00 bits per heavy atom. The Hall–Kier alpha value is 2.15. The van der Waals surface area contributed by atoms with Gasteiger partial charge in [-0.3, -0.25) is 0 Å². The minimum atomic E-state index is -4.36. The first-order chi connectivity index (χ1) is 10.5. The SMILES string of the molecule is CCCCCCCCCCCCCCCC(CC)P(=O)([O-])[O-].[Na+].[Na+]. The van der Waals surface area contributed by atoms with Crippen LogP contribution in [-0.4, -0.2) is 5.66 Å². The second-order valence-corrected chi connectivity index (χ2v) is 8.44. The zero-order chi connectivity index (χ0) is 16.7. The van der Waals surface area contributed by atoms with Crippen LogP contribution in [-0.2, 0) is 4.57 Å². The van der Waals surface area contributed by atoms with Crippen molar-refractivity contribution in [3.63, 3.8) is 0 Å². The molecule has 0 heterocycles. The van der Waals surface area contributed by atoms with E-state index in [2.05, 4.69) is 6.92 Å². The summed E-state index contributed by atoms with van der Waals surface area (Å²) in [5.74, 6) is 0. The van der Waals surface area contributed by atoms with Crippen molar-refractivity contribution in [1.29, 1.82) is 0 Å². The van der Waals surface area contributed by atoms with Gasteiger partial charge in [-0.05, 0) is 18.5 Å². The van der Waals surface area contributed by atoms with E-state index in [4.69, 9.17) is 0 Å². The summed E-state index contributed by atoms with van der Waals surface area (Å²) in [5, 5.41) is 0. The number of hydrogen-bond acceptors (Lipinski definition) is 3. The van der Waals surface area contributed by atoms with Crippen LogP contribution in [0.5, 0.6) is 0 Å². The normalized spacial score (nSPS) is 12.3. The number of hydrogen-bond donors (Lipinski definition) is 0. The van der Waals surface area contributed by atoms with Crippen LogP contribution < -0.4 is 68.9 Å². The maximum absolute atomic E-state index is 11.0. The molecule has 0 N–H and O–H groups in total. The van der Waals surface area contributed by atoms with Gasteiger partial charge in [0.05, 0.1) is 0 Å². The maximum Gasteiger partial charge on any atom is 1.00 e. The fraction of sp³-hybridized carbons (Fsp3) is 1.00. The zero-order valence-corrected chi connectivity index (χ0v) is 21.8. The molecule has 134 valence electrons. The third kappa shape index (κ3) is 20.5. The summed E-state index contributed by atoms with van der Waals surface area (Å²) in [6.45, 7) is 4.04. The quantitative estimate of drug-likeness (QED) is 0.200. The Balaban J connectivity index is -0.00000220. The summed E-state index contributed by atoms with van der Waals surface area (Å²) < 4.78 is 11.0. The van der Waals surface area contributed by atoms with Gasteiger partial charge >= 0.3 is 59.1 Å². The van der Waals surface area contributed by atoms with Crippen LogP contribution in [0.2, 0.25) is 0 Å². The molecule has 0 aromatic rings. The first-order valence-electron chi connectivity index (χ1n) is 9.54. The predicted molar refractivity (Wildman–Crippen MR) is 92.0 cm³/mol. The van der Waals surface area contributed by atoms with Gasteiger partial charge in [-0.15, -0.1) is 0 Å². The molecule has 0 fully saturated rings. The molecule has 0 aliphatic carbocycles. The van der Waals surface area contributed by atoms with Crippen LogP contribution in [0, 0.1) is 0 Å². The van der Waals surface area contributed by atoms with Gasteiger partial charge in [0.1, 0.15) is 0 Å². The average molecular weight is 378 g/mol. The molecule has 0 spiro atoms. The third-order valence-electron chi connectivity index (χ3n) is 4.56. The van der Waals surface area contributed by atoms with Gasteiger partial charge in [0.2, 0.25) is 0 Å². The molecule has 1 unspecified atom stereocenters. The molecule has 0 radical (unpaired) electrons. The van der Waals surface area contributed by atoms with Crippen LogP contribution in [0.1, 0.15) is 110 Å². The number of unbranched alkanes of at least 4 members (excludes halogenated alkanes) is 12. The van der Waals surface area contributed by atoms with Crippen molar-refractivity contribution in [2.45, 2.75) is 116 Å². The van der Waals surface area contributed by atoms with Crippen molar-refractivity contribution in [3.8, 4) is 0 Å². The molecule has 0 aliphatic heterocycles. The molecular formula is C18H37Na2O3P. The van der Waals surface area contributed by atoms with E-state index in [0.717, 1.165) is 12.8 Å². The molecule has 0 saturated carbocycles. The minimum absolute atomic E-state index is 0. The van der Waals surface area contributed by atoms with Gasteiger partial charge in [0.15, 0.2) is 0 Å². The van der Waals surface area contributed by atoms with Gasteiger partial charge < -0.3 is 14.4 Å². The van der Waals surface area contributed by atoms with Gasteiger partial charge in [-0.25, -0.2) is 0 Å². The Kier molecular flexibility index (Phi) is 27.6. The fourth-order valence-electron chi connectivity index (χ4n) is 2.98. The second kappa shape index (κ2) is 21.5. The topological polar surface area (TPSA) is 63.2 Å². The summed E-state index contributed by atoms with van der Waals surface area (Å²) >= 11 is 0. The monoisotopic (exact) mass is 378 g/mol. The summed E-state index contributed by atoms with van der Waals surface area (Å²) in [7, 11) is -4.36. The van der Waals surface area contributed by atoms with E-state index >= 15 is 0 Å². The van der Waals surface area contributed by atoms with E-state index in [1.807, 2.05) is 0 Å². The minimum Gasteiger partial charge on any atom is -0.811 e. The Labute approximate surface area is 195 Å². The van der Waals surface area contributed by atoms with Gasteiger partial charge in [0, 0.05) is 0 Å². The first kappa shape index (κ1) is 30.9. The van der Waals surface area contributed by atoms with Crippen LogP contribution in [0.15, 0.2) is 0 Å². The zero-order valence-electron chi connectivity index (χ0n) is 16.9. The summed E-state index contributed by atoms with van der Waals surface area (Å²) in [6.07, 6.45) is 17.6. The predicted octanol–water partition coefficient (Wildman–Crippen LogP) is -0.832. The van der Waals surface area contributed by atoms with Gasteiger partial charge in [-0.2, -0.15) is 0 Å². The molecule has 0 aromatic heterocycles. The molecule has 0 aliphatic rings. The summed E-state index contributed by atoms with van der Waals surface area (Å²) in [5.41, 5.74) is -0.639. The molecule has 24 heavy (non-hydrogen) atoms. The summed E-state index contributed by atoms with van der Waals surface area (Å²) in [6, 6.07) is 0. The molecule has 0 aromatic carbocycles. The van der Waals surface area contributed by atoms with E-state index in [1.54, 1.807) is 6.92 Å². The van der Waals surface area contributed by atoms with Crippen molar-refractivity contribution in [3.05, 3.63) is 0 Å². The van der Waals surface area contributed by atoms with Gasteiger partial charge in [-0.1, -0.05) is 105 Å². The largest absolute Gasteiger partial charge is 1.00 e. The maximum atomic E-state index is 11.0. The van der Waals surface area contributed by atoms with Crippen molar-refractivity contribution >= 4 is 7.60 Å². The average Bonchev–Trinajstić information content (AvgIpc) is 2.46. The Bertz CT molecular complexity index is 285. The second-order valence-electron chi connectivity index (χ2n) is 6.63. The third-order valence-corrected chi connectivity index (χ3v) is 6.08. The van der Waals surface area contributed by atoms with E-state index in [9.17, 15) is 14.4 Å². The molecular weight excluding hydrogens is 341 g/mol. The number of rotatable bonds is 16. The van der Waals surface area contributed by atoms with Gasteiger partial charge in [0.25, 0.3) is 0 Å². The van der Waals surface area contributed by atoms with Crippen LogP contribution >= 0.6 is 7.60 Å². The van der Waals surface area contributed by atoms with Crippen LogP contribution in [0.25, 0.3) is 0 Å². The van der Waals surface area contributed by atoms with Crippen molar-refractivity contribution in [2.24, 2.45) is 0 Å². The van der Waals surface area contributed by atoms with Crippen molar-refractivity contribution in [1.82, 2.24) is 0 Å². The molecule has 0 amide bonds. The Morgan fingerprint density at radius 1 is 0.667 bits per heavy atom. The Morgan fingerprint density at radius 3 is 1.29 bits per heavy atom. The van der Waals surface area contributed by atoms with Crippen LogP contribution in [0.4, 0.5) is 0 Å². The van der Waals surface area contributed by atoms with Crippen molar-refractivity contribution in [2.75, 3.05) is 0 Å². The molecule has 0 rings (SSSR count). The van der Waals surface area contributed by atoms with E-state index in [-0.39, 0.29) is 59.1 Å². The smallest absolute Gasteiger partial charge is 0.811 e. The molecule has 6 heteroatoms. The summed E-state index contributed by atoms with van der Waals surface area (Å²) in [4.78, 5) is 22.0. The molecule has 1 atom stereocenters. The first-order valence-corrected chi connectivity index (χ1v) is 11.1. The molecule has 3 nitrogen and oxygen atoms in total. The van der Waals surface area contributed by atoms with E-state index in [0.29, 0.717) is 12.8 Å². The fourth-order valence-corrected chi connectivity index (χ4v) is 3.93. The van der Waals surface area contributed by atoms with E-state index < -0.39 is 13.3 Å². The standard InChI is InChI=1S/C18H39O3P.2Na/c1-3-5-6-7-8-9-10-11-12-13-14-15-16-17-18(4-2)22(19,20)21;;/h18H,3-17H2,1-2H3,(H2,19,20,21);;/q;2*+1/p-2. The molecule has 0 saturated heterocycles. The van der Waals surface area contributed by atoms with E-state index in [1.165, 1.54) is 70.6 Å².